The van der Waals surface area contributed by atoms with E-state index in [0.717, 1.165) is 39.3 Å². The number of ether oxygens (including phenoxy) is 1. The minimum absolute atomic E-state index is 0.226. The van der Waals surface area contributed by atoms with Crippen molar-refractivity contribution in [1.82, 2.24) is 20.1 Å². The number of rotatable bonds is 11. The first-order valence-electron chi connectivity index (χ1n) is 10.1. The molecule has 0 radical (unpaired) electrons. The van der Waals surface area contributed by atoms with E-state index in [4.69, 9.17) is 4.74 Å². The van der Waals surface area contributed by atoms with Gasteiger partial charge in [0.05, 0.1) is 18.8 Å². The van der Waals surface area contributed by atoms with Crippen molar-refractivity contribution in [2.24, 2.45) is 0 Å². The second-order valence-electron chi connectivity index (χ2n) is 6.99. The lowest BCUT2D eigenvalue weighted by molar-refractivity contribution is -0.129. The van der Waals surface area contributed by atoms with Crippen LogP contribution in [0.2, 0.25) is 0 Å². The van der Waals surface area contributed by atoms with Gasteiger partial charge < -0.3 is 15.0 Å². The number of aromatic nitrogens is 1. The van der Waals surface area contributed by atoms with Gasteiger partial charge in [-0.1, -0.05) is 19.1 Å². The molecule has 2 heterocycles. The van der Waals surface area contributed by atoms with E-state index in [-0.39, 0.29) is 11.8 Å². The summed E-state index contributed by atoms with van der Waals surface area (Å²) in [7, 11) is 0. The number of hydrogen-bond acceptors (Lipinski definition) is 5. The molecule has 0 aliphatic carbocycles. The number of hydrogen-bond donors (Lipinski definition) is 1. The van der Waals surface area contributed by atoms with Gasteiger partial charge in [0.15, 0.2) is 0 Å². The van der Waals surface area contributed by atoms with Crippen LogP contribution in [0.25, 0.3) is 0 Å². The van der Waals surface area contributed by atoms with E-state index in [9.17, 15) is 9.59 Å². The largest absolute Gasteiger partial charge is 0.379 e. The van der Waals surface area contributed by atoms with Crippen LogP contribution in [0.1, 0.15) is 30.1 Å². The third-order valence-electron chi connectivity index (χ3n) is 5.27. The van der Waals surface area contributed by atoms with Crippen molar-refractivity contribution in [3.63, 3.8) is 0 Å². The third kappa shape index (κ3) is 5.74. The molecule has 1 fully saturated rings. The smallest absolute Gasteiger partial charge is 0.256 e. The number of carbonyl (C=O) groups is 2. The summed E-state index contributed by atoms with van der Waals surface area (Å²) in [5.41, 5.74) is -0.684. The number of pyridine rings is 1. The molecule has 7 heteroatoms. The van der Waals surface area contributed by atoms with Gasteiger partial charge >= 0.3 is 0 Å². The lowest BCUT2D eigenvalue weighted by Gasteiger charge is -2.40. The van der Waals surface area contributed by atoms with Gasteiger partial charge in [-0.25, -0.2) is 0 Å². The predicted octanol–water partition coefficient (Wildman–Crippen LogP) is 1.88. The van der Waals surface area contributed by atoms with Gasteiger partial charge in [-0.2, -0.15) is 0 Å². The number of nitrogens with zero attached hydrogens (tertiary/aromatic N) is 3. The van der Waals surface area contributed by atoms with Gasteiger partial charge in [-0.15, -0.1) is 13.2 Å². The van der Waals surface area contributed by atoms with Gasteiger partial charge in [0.1, 0.15) is 5.54 Å². The van der Waals surface area contributed by atoms with Crippen LogP contribution >= 0.6 is 0 Å². The maximum atomic E-state index is 13.4. The summed E-state index contributed by atoms with van der Waals surface area (Å²) >= 11 is 0. The highest BCUT2D eigenvalue weighted by atomic mass is 16.5. The Morgan fingerprint density at radius 1 is 1.38 bits per heavy atom. The Morgan fingerprint density at radius 3 is 2.72 bits per heavy atom. The Balaban J connectivity index is 2.24. The summed E-state index contributed by atoms with van der Waals surface area (Å²) in [6.07, 6.45) is 7.51. The molecule has 0 spiro atoms. The number of morpholine rings is 1. The number of amides is 2. The molecule has 1 aromatic heterocycles. The molecule has 1 atom stereocenters. The van der Waals surface area contributed by atoms with E-state index >= 15 is 0 Å². The zero-order valence-corrected chi connectivity index (χ0v) is 17.3. The van der Waals surface area contributed by atoms with Crippen LogP contribution in [0.5, 0.6) is 0 Å². The van der Waals surface area contributed by atoms with Crippen LogP contribution in [-0.4, -0.2) is 78.1 Å². The van der Waals surface area contributed by atoms with Gasteiger partial charge in [0.25, 0.3) is 5.91 Å². The minimum atomic E-state index is -1.14. The van der Waals surface area contributed by atoms with Crippen LogP contribution in [0.3, 0.4) is 0 Å². The number of carbonyl (C=O) groups excluding carboxylic acids is 2. The third-order valence-corrected chi connectivity index (χ3v) is 5.27. The van der Waals surface area contributed by atoms with Crippen LogP contribution in [0, 0.1) is 0 Å². The van der Waals surface area contributed by atoms with Crippen molar-refractivity contribution in [3.8, 4) is 0 Å². The van der Waals surface area contributed by atoms with E-state index in [1.165, 1.54) is 6.20 Å². The zero-order valence-electron chi connectivity index (χ0n) is 17.3. The second-order valence-corrected chi connectivity index (χ2v) is 6.99. The fourth-order valence-corrected chi connectivity index (χ4v) is 3.54. The molecule has 0 bridgehead atoms. The molecule has 158 valence electrons. The fourth-order valence-electron chi connectivity index (χ4n) is 3.54. The van der Waals surface area contributed by atoms with Gasteiger partial charge in [-0.05, 0) is 25.0 Å². The molecule has 29 heavy (non-hydrogen) atoms. The normalized spacial score (nSPS) is 16.4. The summed E-state index contributed by atoms with van der Waals surface area (Å²) in [6.45, 7) is 14.3. The molecular weight excluding hydrogens is 368 g/mol. The molecule has 2 amide bonds. The van der Waals surface area contributed by atoms with Crippen LogP contribution in [0.15, 0.2) is 49.8 Å². The van der Waals surface area contributed by atoms with Gasteiger partial charge in [-0.3, -0.25) is 19.5 Å². The summed E-state index contributed by atoms with van der Waals surface area (Å²) in [5, 5.41) is 2.84. The van der Waals surface area contributed by atoms with Crippen LogP contribution < -0.4 is 5.32 Å². The molecule has 1 saturated heterocycles. The monoisotopic (exact) mass is 400 g/mol. The molecule has 0 aromatic carbocycles. The highest BCUT2D eigenvalue weighted by Crippen LogP contribution is 2.25. The molecule has 1 unspecified atom stereocenters. The van der Waals surface area contributed by atoms with Crippen molar-refractivity contribution in [2.45, 2.75) is 25.3 Å². The van der Waals surface area contributed by atoms with E-state index in [2.05, 4.69) is 28.4 Å². The standard InChI is InChI=1S/C22H32N4O3/c1-4-10-24-21(28)22(5-2,6-3)26(20(27)19-9-7-11-23-18-19)13-8-12-25-14-16-29-17-15-25/h4-5,7,9,11,18H,1-2,6,8,10,12-17H2,3H3,(H,24,28). The first kappa shape index (κ1) is 22.8. The van der Waals surface area contributed by atoms with E-state index in [0.29, 0.717) is 25.1 Å². The average molecular weight is 401 g/mol. The summed E-state index contributed by atoms with van der Waals surface area (Å²) in [5.74, 6) is -0.478. The first-order valence-corrected chi connectivity index (χ1v) is 10.1. The van der Waals surface area contributed by atoms with Gasteiger partial charge in [0, 0.05) is 45.1 Å². The Hall–Kier alpha value is -2.51. The molecule has 1 aliphatic rings. The van der Waals surface area contributed by atoms with Crippen molar-refractivity contribution >= 4 is 11.8 Å². The Morgan fingerprint density at radius 2 is 2.14 bits per heavy atom. The minimum Gasteiger partial charge on any atom is -0.379 e. The van der Waals surface area contributed by atoms with Crippen molar-refractivity contribution in [1.29, 1.82) is 0 Å². The second kappa shape index (κ2) is 11.5. The lowest BCUT2D eigenvalue weighted by atomic mass is 9.91. The molecule has 1 N–H and O–H groups in total. The van der Waals surface area contributed by atoms with E-state index < -0.39 is 5.54 Å². The molecule has 1 aliphatic heterocycles. The van der Waals surface area contributed by atoms with Crippen molar-refractivity contribution in [3.05, 3.63) is 55.4 Å². The summed E-state index contributed by atoms with van der Waals surface area (Å²) < 4.78 is 5.39. The quantitative estimate of drug-likeness (QED) is 0.574. The maximum Gasteiger partial charge on any atom is 0.256 e. The topological polar surface area (TPSA) is 74.8 Å². The maximum absolute atomic E-state index is 13.4. The fraction of sp³-hybridized carbons (Fsp3) is 0.500. The average Bonchev–Trinajstić information content (AvgIpc) is 2.78. The molecule has 2 rings (SSSR count). The van der Waals surface area contributed by atoms with Crippen LogP contribution in [-0.2, 0) is 9.53 Å². The molecular formula is C22H32N4O3. The Labute approximate surface area is 173 Å². The van der Waals surface area contributed by atoms with E-state index in [1.54, 1.807) is 35.4 Å². The molecule has 1 aromatic rings. The summed E-state index contributed by atoms with van der Waals surface area (Å²) in [4.78, 5) is 34.4. The number of nitrogens with one attached hydrogen (secondary N) is 1. The predicted molar refractivity (Wildman–Crippen MR) is 114 cm³/mol. The van der Waals surface area contributed by atoms with Crippen molar-refractivity contribution < 1.29 is 14.3 Å². The highest BCUT2D eigenvalue weighted by molar-refractivity contribution is 6.00. The van der Waals surface area contributed by atoms with Gasteiger partial charge in [0.2, 0.25) is 5.91 Å². The highest BCUT2D eigenvalue weighted by Gasteiger charge is 2.42. The molecule has 7 nitrogen and oxygen atoms in total. The van der Waals surface area contributed by atoms with Crippen LogP contribution in [0.4, 0.5) is 0 Å². The van der Waals surface area contributed by atoms with E-state index in [1.807, 2.05) is 6.92 Å². The summed E-state index contributed by atoms with van der Waals surface area (Å²) in [6, 6.07) is 3.44. The Bertz CT molecular complexity index is 689. The first-order chi connectivity index (χ1) is 14.1. The SMILES string of the molecule is C=CCNC(=O)C(C=C)(CC)N(CCCN1CCOCC1)C(=O)c1cccnc1. The lowest BCUT2D eigenvalue weighted by Crippen LogP contribution is -2.60. The zero-order chi connectivity index (χ0) is 21.1. The Kier molecular flexibility index (Phi) is 9.02. The van der Waals surface area contributed by atoms with Crippen molar-refractivity contribution in [2.75, 3.05) is 45.9 Å². The molecule has 0 saturated carbocycles.